The Labute approximate surface area is 295 Å². The number of aromatic nitrogens is 3. The molecule has 1 aliphatic rings. The molecule has 0 N–H and O–H groups in total. The summed E-state index contributed by atoms with van der Waals surface area (Å²) < 4.78 is 0. The summed E-state index contributed by atoms with van der Waals surface area (Å²) in [6.07, 6.45) is 0. The van der Waals surface area contributed by atoms with E-state index in [4.69, 9.17) is 15.0 Å². The van der Waals surface area contributed by atoms with E-state index in [0.717, 1.165) is 33.8 Å². The number of hydrogen-bond acceptors (Lipinski definition) is 5. The number of hydrogen-bond donors (Lipinski definition) is 0. The van der Waals surface area contributed by atoms with Crippen molar-refractivity contribution in [1.82, 2.24) is 15.0 Å². The first-order valence-electron chi connectivity index (χ1n) is 16.6. The Bertz CT molecular complexity index is 2290. The van der Waals surface area contributed by atoms with Crippen molar-refractivity contribution in [3.63, 3.8) is 0 Å². The van der Waals surface area contributed by atoms with Crippen LogP contribution in [-0.4, -0.2) is 15.0 Å². The van der Waals surface area contributed by atoms with E-state index in [9.17, 15) is 0 Å². The molecular weight excluding hydrogens is 629 g/mol. The highest BCUT2D eigenvalue weighted by molar-refractivity contribution is 7.99. The van der Waals surface area contributed by atoms with E-state index in [-0.39, 0.29) is 0 Å². The minimum atomic E-state index is 0.638. The van der Waals surface area contributed by atoms with Gasteiger partial charge < -0.3 is 4.90 Å². The Balaban J connectivity index is 1.14. The Morgan fingerprint density at radius 2 is 0.660 bits per heavy atom. The molecule has 236 valence electrons. The zero-order chi connectivity index (χ0) is 33.3. The average molecular weight is 659 g/mol. The molecule has 0 atom stereocenters. The predicted octanol–water partition coefficient (Wildman–Crippen LogP) is 12.1. The van der Waals surface area contributed by atoms with Crippen molar-refractivity contribution in [3.05, 3.63) is 182 Å². The van der Waals surface area contributed by atoms with E-state index in [0.29, 0.717) is 17.5 Å². The third-order valence-electron chi connectivity index (χ3n) is 8.92. The fourth-order valence-electron chi connectivity index (χ4n) is 6.41. The third-order valence-corrected chi connectivity index (χ3v) is 10.0. The van der Waals surface area contributed by atoms with Gasteiger partial charge in [0, 0.05) is 32.2 Å². The van der Waals surface area contributed by atoms with Gasteiger partial charge in [0.2, 0.25) is 0 Å². The highest BCUT2D eigenvalue weighted by Crippen LogP contribution is 2.53. The molecule has 4 nitrogen and oxygen atoms in total. The van der Waals surface area contributed by atoms with Crippen LogP contribution in [0.2, 0.25) is 0 Å². The molecule has 0 radical (unpaired) electrons. The Morgan fingerprint density at radius 3 is 1.06 bits per heavy atom. The van der Waals surface area contributed by atoms with E-state index in [1.165, 1.54) is 32.0 Å². The summed E-state index contributed by atoms with van der Waals surface area (Å²) in [5, 5.41) is 0. The van der Waals surface area contributed by atoms with Crippen LogP contribution in [0.4, 0.5) is 17.1 Å². The highest BCUT2D eigenvalue weighted by atomic mass is 32.2. The Kier molecular flexibility index (Phi) is 7.72. The van der Waals surface area contributed by atoms with Gasteiger partial charge in [0.1, 0.15) is 0 Å². The molecule has 0 saturated heterocycles. The van der Waals surface area contributed by atoms with Gasteiger partial charge in [0.25, 0.3) is 0 Å². The summed E-state index contributed by atoms with van der Waals surface area (Å²) in [4.78, 5) is 19.6. The normalized spacial score (nSPS) is 11.9. The van der Waals surface area contributed by atoms with Gasteiger partial charge in [-0.15, -0.1) is 0 Å². The molecule has 0 saturated carbocycles. The standard InChI is InChI=1S/C45H30N4S/c1-5-13-31(14-6-1)36-23-27-39-41(29-36)50-42-30-37(32-15-7-2-8-16-32)24-28-40(42)49(39)38-25-21-35(22-26-38)45-47-43(33-17-9-3-10-18-33)46-44(48-45)34-19-11-4-12-20-34/h1-30H. The van der Waals surface area contributed by atoms with Crippen molar-refractivity contribution in [1.29, 1.82) is 0 Å². The topological polar surface area (TPSA) is 41.9 Å². The second-order valence-corrected chi connectivity index (χ2v) is 13.2. The lowest BCUT2D eigenvalue weighted by Gasteiger charge is -2.33. The number of fused-ring (bicyclic) bond motifs is 2. The van der Waals surface area contributed by atoms with Crippen LogP contribution in [0, 0.1) is 0 Å². The number of rotatable bonds is 6. The van der Waals surface area contributed by atoms with Crippen LogP contribution < -0.4 is 4.90 Å². The molecule has 9 rings (SSSR count). The van der Waals surface area contributed by atoms with Gasteiger partial charge in [-0.25, -0.2) is 15.0 Å². The molecule has 2 heterocycles. The fourth-order valence-corrected chi connectivity index (χ4v) is 7.54. The van der Waals surface area contributed by atoms with Crippen molar-refractivity contribution in [2.75, 3.05) is 4.90 Å². The summed E-state index contributed by atoms with van der Waals surface area (Å²) in [5.41, 5.74) is 11.0. The molecular formula is C45H30N4S. The smallest absolute Gasteiger partial charge is 0.164 e. The maximum Gasteiger partial charge on any atom is 0.164 e. The van der Waals surface area contributed by atoms with Gasteiger partial charge in [-0.1, -0.05) is 145 Å². The second-order valence-electron chi connectivity index (χ2n) is 12.1. The average Bonchev–Trinajstić information content (AvgIpc) is 3.21. The molecule has 1 aromatic heterocycles. The fraction of sp³-hybridized carbons (Fsp3) is 0. The molecule has 1 aliphatic heterocycles. The second kappa shape index (κ2) is 13.0. The molecule has 5 heteroatoms. The van der Waals surface area contributed by atoms with Crippen molar-refractivity contribution >= 4 is 28.8 Å². The monoisotopic (exact) mass is 658 g/mol. The van der Waals surface area contributed by atoms with Gasteiger partial charge in [0.15, 0.2) is 17.5 Å². The SMILES string of the molecule is c1ccc(-c2ccc3c(c2)Sc2cc(-c4ccccc4)ccc2N3c2ccc(-c3nc(-c4ccccc4)nc(-c4ccccc4)n3)cc2)cc1. The summed E-state index contributed by atoms with van der Waals surface area (Å²) in [6.45, 7) is 0. The first kappa shape index (κ1) is 29.8. The Morgan fingerprint density at radius 1 is 0.320 bits per heavy atom. The van der Waals surface area contributed by atoms with E-state index in [1.54, 1.807) is 0 Å². The van der Waals surface area contributed by atoms with E-state index < -0.39 is 0 Å². The van der Waals surface area contributed by atoms with E-state index in [2.05, 4.69) is 126 Å². The van der Waals surface area contributed by atoms with Gasteiger partial charge in [-0.05, 0) is 70.8 Å². The molecule has 0 amide bonds. The first-order valence-corrected chi connectivity index (χ1v) is 17.4. The van der Waals surface area contributed by atoms with E-state index >= 15 is 0 Å². The minimum absolute atomic E-state index is 0.638. The van der Waals surface area contributed by atoms with Crippen molar-refractivity contribution in [3.8, 4) is 56.4 Å². The quantitative estimate of drug-likeness (QED) is 0.178. The zero-order valence-corrected chi connectivity index (χ0v) is 27.8. The van der Waals surface area contributed by atoms with Crippen molar-refractivity contribution in [2.45, 2.75) is 9.79 Å². The number of benzene rings is 7. The lowest BCUT2D eigenvalue weighted by atomic mass is 10.0. The minimum Gasteiger partial charge on any atom is -0.308 e. The van der Waals surface area contributed by atoms with Gasteiger partial charge in [-0.3, -0.25) is 0 Å². The van der Waals surface area contributed by atoms with Crippen molar-refractivity contribution < 1.29 is 0 Å². The van der Waals surface area contributed by atoms with Crippen LogP contribution >= 0.6 is 11.8 Å². The molecule has 8 aromatic rings. The van der Waals surface area contributed by atoms with Crippen LogP contribution in [-0.2, 0) is 0 Å². The van der Waals surface area contributed by atoms with Gasteiger partial charge in [0.05, 0.1) is 11.4 Å². The molecule has 0 aliphatic carbocycles. The van der Waals surface area contributed by atoms with Crippen molar-refractivity contribution in [2.24, 2.45) is 0 Å². The molecule has 7 aromatic carbocycles. The zero-order valence-electron chi connectivity index (χ0n) is 27.0. The molecule has 0 bridgehead atoms. The van der Waals surface area contributed by atoms with Crippen LogP contribution in [0.15, 0.2) is 192 Å². The summed E-state index contributed by atoms with van der Waals surface area (Å²) in [7, 11) is 0. The van der Waals surface area contributed by atoms with Gasteiger partial charge >= 0.3 is 0 Å². The lowest BCUT2D eigenvalue weighted by molar-refractivity contribution is 1.07. The van der Waals surface area contributed by atoms with Crippen LogP contribution in [0.25, 0.3) is 56.4 Å². The maximum absolute atomic E-state index is 4.95. The molecule has 0 fully saturated rings. The summed E-state index contributed by atoms with van der Waals surface area (Å²) >= 11 is 1.83. The summed E-state index contributed by atoms with van der Waals surface area (Å²) in [6, 6.07) is 63.5. The molecule has 0 unspecified atom stereocenters. The van der Waals surface area contributed by atoms with Crippen LogP contribution in [0.5, 0.6) is 0 Å². The summed E-state index contributed by atoms with van der Waals surface area (Å²) in [5.74, 6) is 1.94. The van der Waals surface area contributed by atoms with E-state index in [1.807, 2.05) is 72.4 Å². The third kappa shape index (κ3) is 5.74. The van der Waals surface area contributed by atoms with Crippen LogP contribution in [0.3, 0.4) is 0 Å². The Hall–Kier alpha value is -6.30. The molecule has 0 spiro atoms. The number of anilines is 3. The maximum atomic E-state index is 4.95. The lowest BCUT2D eigenvalue weighted by Crippen LogP contribution is -2.15. The van der Waals surface area contributed by atoms with Gasteiger partial charge in [-0.2, -0.15) is 0 Å². The molecule has 50 heavy (non-hydrogen) atoms. The largest absolute Gasteiger partial charge is 0.308 e. The predicted molar refractivity (Wildman–Crippen MR) is 206 cm³/mol. The first-order chi connectivity index (χ1) is 24.8. The highest BCUT2D eigenvalue weighted by Gasteiger charge is 2.26. The number of nitrogens with zero attached hydrogens (tertiary/aromatic N) is 4. The van der Waals surface area contributed by atoms with Crippen LogP contribution in [0.1, 0.15) is 0 Å².